The van der Waals surface area contributed by atoms with E-state index in [4.69, 9.17) is 0 Å². The van der Waals surface area contributed by atoms with Crippen LogP contribution in [0, 0.1) is 11.3 Å². The minimum absolute atomic E-state index is 0.00445. The van der Waals surface area contributed by atoms with Crippen molar-refractivity contribution in [3.05, 3.63) is 35.9 Å². The third-order valence-corrected chi connectivity index (χ3v) is 4.53. The van der Waals surface area contributed by atoms with E-state index in [1.54, 1.807) is 0 Å². The fourth-order valence-corrected chi connectivity index (χ4v) is 3.88. The summed E-state index contributed by atoms with van der Waals surface area (Å²) in [6.07, 6.45) is 2.05. The lowest BCUT2D eigenvalue weighted by Gasteiger charge is -2.34. The van der Waals surface area contributed by atoms with Crippen LogP contribution in [0.3, 0.4) is 0 Å². The first-order chi connectivity index (χ1) is 11.6. The summed E-state index contributed by atoms with van der Waals surface area (Å²) in [6.45, 7) is 11.8. The van der Waals surface area contributed by atoms with Gasteiger partial charge in [0.1, 0.15) is 0 Å². The molecule has 0 aromatic heterocycles. The zero-order chi connectivity index (χ0) is 18.7. The molecule has 2 rings (SSSR count). The second kappa shape index (κ2) is 7.59. The van der Waals surface area contributed by atoms with Gasteiger partial charge in [0, 0.05) is 25.0 Å². The highest BCUT2D eigenvalue weighted by Gasteiger charge is 2.36. The number of carbonyl (C=O) groups is 2. The van der Waals surface area contributed by atoms with E-state index in [0.29, 0.717) is 19.5 Å². The molecule has 2 amide bonds. The van der Waals surface area contributed by atoms with Gasteiger partial charge in [-0.3, -0.25) is 9.59 Å². The summed E-state index contributed by atoms with van der Waals surface area (Å²) in [4.78, 5) is 26.7. The number of rotatable bonds is 6. The van der Waals surface area contributed by atoms with Gasteiger partial charge in [0.05, 0.1) is 5.92 Å². The molecule has 138 valence electrons. The molecule has 1 aliphatic rings. The average Bonchev–Trinajstić information content (AvgIpc) is 2.84. The summed E-state index contributed by atoms with van der Waals surface area (Å²) in [7, 11) is 0. The second-order valence-electron chi connectivity index (χ2n) is 9.09. The quantitative estimate of drug-likeness (QED) is 0.860. The summed E-state index contributed by atoms with van der Waals surface area (Å²) in [6, 6.07) is 10.1. The monoisotopic (exact) mass is 344 g/mol. The maximum atomic E-state index is 12.6. The molecule has 1 aromatic carbocycles. The number of likely N-dealkylation sites (tertiary alicyclic amines) is 1. The van der Waals surface area contributed by atoms with Crippen LogP contribution in [-0.2, 0) is 16.0 Å². The fourth-order valence-electron chi connectivity index (χ4n) is 3.88. The number of nitrogens with one attached hydrogen (secondary N) is 1. The molecule has 0 spiro atoms. The summed E-state index contributed by atoms with van der Waals surface area (Å²) < 4.78 is 0. The average molecular weight is 344 g/mol. The van der Waals surface area contributed by atoms with Crippen LogP contribution in [0.1, 0.15) is 53.0 Å². The van der Waals surface area contributed by atoms with Gasteiger partial charge in [-0.1, -0.05) is 51.1 Å². The van der Waals surface area contributed by atoms with E-state index in [2.05, 4.69) is 52.1 Å². The first-order valence-corrected chi connectivity index (χ1v) is 9.19. The molecule has 1 heterocycles. The van der Waals surface area contributed by atoms with Gasteiger partial charge in [0.15, 0.2) is 0 Å². The van der Waals surface area contributed by atoms with Crippen LogP contribution >= 0.6 is 0 Å². The Bertz CT molecular complexity index is 602. The number of nitrogens with zero attached hydrogens (tertiary/aromatic N) is 1. The first-order valence-electron chi connectivity index (χ1n) is 9.19. The molecular formula is C21H32N2O2. The molecule has 1 unspecified atom stereocenters. The maximum absolute atomic E-state index is 12.6. The molecule has 4 heteroatoms. The molecule has 0 radical (unpaired) electrons. The van der Waals surface area contributed by atoms with Crippen LogP contribution in [0.15, 0.2) is 30.3 Å². The van der Waals surface area contributed by atoms with Gasteiger partial charge in [0.25, 0.3) is 0 Å². The third kappa shape index (κ3) is 6.18. The van der Waals surface area contributed by atoms with Crippen molar-refractivity contribution < 1.29 is 9.59 Å². The van der Waals surface area contributed by atoms with Crippen LogP contribution < -0.4 is 5.32 Å². The van der Waals surface area contributed by atoms with Crippen molar-refractivity contribution in [1.29, 1.82) is 0 Å². The van der Waals surface area contributed by atoms with Crippen LogP contribution in [0.5, 0.6) is 0 Å². The molecule has 1 saturated heterocycles. The van der Waals surface area contributed by atoms with E-state index in [0.717, 1.165) is 12.8 Å². The Morgan fingerprint density at radius 3 is 2.40 bits per heavy atom. The van der Waals surface area contributed by atoms with Crippen LogP contribution in [-0.4, -0.2) is 35.3 Å². The molecule has 4 nitrogen and oxygen atoms in total. The molecule has 0 saturated carbocycles. The summed E-state index contributed by atoms with van der Waals surface area (Å²) >= 11 is 0. The van der Waals surface area contributed by atoms with Crippen LogP contribution in [0.2, 0.25) is 0 Å². The van der Waals surface area contributed by atoms with Crippen molar-refractivity contribution in [2.45, 2.75) is 59.4 Å². The Balaban J connectivity index is 1.87. The van der Waals surface area contributed by atoms with Gasteiger partial charge in [0.2, 0.25) is 11.8 Å². The lowest BCUT2D eigenvalue weighted by Crippen LogP contribution is -2.48. The number of carbonyl (C=O) groups excluding carboxylic acids is 2. The third-order valence-electron chi connectivity index (χ3n) is 4.53. The van der Waals surface area contributed by atoms with Gasteiger partial charge >= 0.3 is 0 Å². The summed E-state index contributed by atoms with van der Waals surface area (Å²) in [5.41, 5.74) is 1.09. The van der Waals surface area contributed by atoms with Crippen molar-refractivity contribution in [1.82, 2.24) is 10.2 Å². The zero-order valence-corrected chi connectivity index (χ0v) is 16.3. The molecule has 1 aliphatic heterocycles. The van der Waals surface area contributed by atoms with Gasteiger partial charge in [-0.05, 0) is 37.7 Å². The second-order valence-corrected chi connectivity index (χ2v) is 9.09. The van der Waals surface area contributed by atoms with Gasteiger partial charge in [-0.15, -0.1) is 0 Å². The van der Waals surface area contributed by atoms with Crippen molar-refractivity contribution in [3.63, 3.8) is 0 Å². The number of amides is 2. The van der Waals surface area contributed by atoms with Gasteiger partial charge in [-0.25, -0.2) is 0 Å². The lowest BCUT2D eigenvalue weighted by molar-refractivity contribution is -0.129. The van der Waals surface area contributed by atoms with E-state index < -0.39 is 0 Å². The highest BCUT2D eigenvalue weighted by atomic mass is 16.2. The highest BCUT2D eigenvalue weighted by Crippen LogP contribution is 2.28. The minimum atomic E-state index is -0.268. The standard InChI is InChI=1S/C21H32N2O2/c1-20(2,3)15-21(4,5)22-19(25)17-13-18(24)23(14-17)12-11-16-9-7-6-8-10-16/h6-10,17H,11-15H2,1-5H3,(H,22,25). The minimum Gasteiger partial charge on any atom is -0.351 e. The number of benzene rings is 1. The van der Waals surface area contributed by atoms with Crippen molar-refractivity contribution in [3.8, 4) is 0 Å². The Hall–Kier alpha value is -1.84. The number of hydrogen-bond acceptors (Lipinski definition) is 2. The maximum Gasteiger partial charge on any atom is 0.225 e. The highest BCUT2D eigenvalue weighted by molar-refractivity contribution is 5.89. The number of hydrogen-bond donors (Lipinski definition) is 1. The van der Waals surface area contributed by atoms with E-state index in [1.165, 1.54) is 5.56 Å². The Labute approximate surface area is 152 Å². The Kier molecular flexibility index (Phi) is 5.91. The largest absolute Gasteiger partial charge is 0.351 e. The molecular weight excluding hydrogens is 312 g/mol. The predicted molar refractivity (Wildman–Crippen MR) is 101 cm³/mol. The van der Waals surface area contributed by atoms with Crippen LogP contribution in [0.4, 0.5) is 0 Å². The van der Waals surface area contributed by atoms with Crippen molar-refractivity contribution >= 4 is 11.8 Å². The summed E-state index contributed by atoms with van der Waals surface area (Å²) in [5.74, 6) is -0.142. The SMILES string of the molecule is CC(C)(C)CC(C)(C)NC(=O)C1CC(=O)N(CCc2ccccc2)C1. The van der Waals surface area contributed by atoms with Crippen molar-refractivity contribution in [2.24, 2.45) is 11.3 Å². The Morgan fingerprint density at radius 2 is 1.80 bits per heavy atom. The normalized spacial score (nSPS) is 18.5. The lowest BCUT2D eigenvalue weighted by atomic mass is 9.81. The van der Waals surface area contributed by atoms with E-state index in [-0.39, 0.29) is 28.7 Å². The summed E-state index contributed by atoms with van der Waals surface area (Å²) in [5, 5.41) is 3.15. The topological polar surface area (TPSA) is 49.4 Å². The molecule has 1 aromatic rings. The molecule has 1 fully saturated rings. The van der Waals surface area contributed by atoms with E-state index in [9.17, 15) is 9.59 Å². The van der Waals surface area contributed by atoms with Gasteiger partial charge in [-0.2, -0.15) is 0 Å². The van der Waals surface area contributed by atoms with Gasteiger partial charge < -0.3 is 10.2 Å². The first kappa shape index (κ1) is 19.5. The smallest absolute Gasteiger partial charge is 0.225 e. The molecule has 0 bridgehead atoms. The van der Waals surface area contributed by atoms with Crippen LogP contribution in [0.25, 0.3) is 0 Å². The van der Waals surface area contributed by atoms with E-state index >= 15 is 0 Å². The van der Waals surface area contributed by atoms with E-state index in [1.807, 2.05) is 23.1 Å². The van der Waals surface area contributed by atoms with Crippen molar-refractivity contribution in [2.75, 3.05) is 13.1 Å². The molecule has 1 atom stereocenters. The zero-order valence-electron chi connectivity index (χ0n) is 16.3. The molecule has 0 aliphatic carbocycles. The molecule has 25 heavy (non-hydrogen) atoms. The predicted octanol–water partition coefficient (Wildman–Crippen LogP) is 3.41. The fraction of sp³-hybridized carbons (Fsp3) is 0.619. The Morgan fingerprint density at radius 1 is 1.16 bits per heavy atom. The molecule has 1 N–H and O–H groups in total.